The zero-order chi connectivity index (χ0) is 15.6. The Labute approximate surface area is 133 Å². The third-order valence-electron chi connectivity index (χ3n) is 3.21. The van der Waals surface area contributed by atoms with Crippen molar-refractivity contribution in [3.8, 4) is 0 Å². The van der Waals surface area contributed by atoms with Gasteiger partial charge in [0.1, 0.15) is 10.2 Å². The fourth-order valence-corrected chi connectivity index (χ4v) is 2.44. The first-order valence-corrected chi connectivity index (χ1v) is 7.81. The van der Waals surface area contributed by atoms with Crippen LogP contribution in [-0.2, 0) is 23.1 Å². The number of likely N-dealkylation sites (tertiary alicyclic amines) is 1. The van der Waals surface area contributed by atoms with Crippen molar-refractivity contribution in [1.29, 1.82) is 0 Å². The van der Waals surface area contributed by atoms with Crippen LogP contribution >= 0.6 is 15.9 Å². The highest BCUT2D eigenvalue weighted by atomic mass is 79.9. The largest absolute Gasteiger partial charge is 0.444 e. The Morgan fingerprint density at radius 3 is 2.81 bits per heavy atom. The molecule has 1 aromatic heterocycles. The highest BCUT2D eigenvalue weighted by Gasteiger charge is 2.30. The van der Waals surface area contributed by atoms with Crippen LogP contribution in [0.15, 0.2) is 10.8 Å². The number of hydrogen-bond acceptors (Lipinski definition) is 4. The number of ether oxygens (including phenoxy) is 2. The Bertz CT molecular complexity index is 510. The van der Waals surface area contributed by atoms with Gasteiger partial charge < -0.3 is 14.4 Å². The van der Waals surface area contributed by atoms with E-state index < -0.39 is 5.60 Å². The van der Waals surface area contributed by atoms with Crippen molar-refractivity contribution < 1.29 is 14.3 Å². The summed E-state index contributed by atoms with van der Waals surface area (Å²) in [5.74, 6) is 0. The molecule has 6 nitrogen and oxygen atoms in total. The molecule has 1 aliphatic rings. The van der Waals surface area contributed by atoms with Crippen molar-refractivity contribution >= 4 is 22.0 Å². The van der Waals surface area contributed by atoms with Crippen LogP contribution in [0.4, 0.5) is 4.79 Å². The Morgan fingerprint density at radius 2 is 2.24 bits per heavy atom. The van der Waals surface area contributed by atoms with Crippen molar-refractivity contribution in [2.45, 2.75) is 45.5 Å². The number of halogens is 1. The lowest BCUT2D eigenvalue weighted by atomic mass is 10.2. The molecule has 118 valence electrons. The molecule has 0 spiro atoms. The maximum atomic E-state index is 12.0. The van der Waals surface area contributed by atoms with Gasteiger partial charge in [0.15, 0.2) is 0 Å². The van der Waals surface area contributed by atoms with Crippen molar-refractivity contribution in [2.24, 2.45) is 7.05 Å². The van der Waals surface area contributed by atoms with E-state index in [1.54, 1.807) is 15.8 Å². The summed E-state index contributed by atoms with van der Waals surface area (Å²) in [6.07, 6.45) is 2.39. The second kappa shape index (κ2) is 6.36. The molecule has 0 saturated carbocycles. The lowest BCUT2D eigenvalue weighted by Gasteiger charge is -2.24. The van der Waals surface area contributed by atoms with Gasteiger partial charge in [0.05, 0.1) is 25.5 Å². The molecule has 0 aromatic carbocycles. The van der Waals surface area contributed by atoms with E-state index in [9.17, 15) is 4.79 Å². The van der Waals surface area contributed by atoms with Crippen molar-refractivity contribution in [1.82, 2.24) is 14.7 Å². The first-order valence-electron chi connectivity index (χ1n) is 7.02. The van der Waals surface area contributed by atoms with E-state index in [1.165, 1.54) is 0 Å². The molecule has 1 fully saturated rings. The van der Waals surface area contributed by atoms with Gasteiger partial charge >= 0.3 is 6.09 Å². The van der Waals surface area contributed by atoms with E-state index in [1.807, 2.05) is 27.8 Å². The summed E-state index contributed by atoms with van der Waals surface area (Å²) in [5.41, 5.74) is 0.546. The zero-order valence-corrected chi connectivity index (χ0v) is 14.5. The number of hydrogen-bond donors (Lipinski definition) is 0. The molecule has 1 aromatic rings. The molecular weight excluding hydrogens is 338 g/mol. The number of carbonyl (C=O) groups excluding carboxylic acids is 1. The first kappa shape index (κ1) is 16.3. The minimum Gasteiger partial charge on any atom is -0.444 e. The highest BCUT2D eigenvalue weighted by molar-refractivity contribution is 9.10. The normalized spacial score (nSPS) is 19.1. The molecule has 0 bridgehead atoms. The Hall–Kier alpha value is -1.08. The SMILES string of the molecule is Cn1ncc(CO[C@@H]2CCN(C(=O)OC(C)(C)C)C2)c1Br. The topological polar surface area (TPSA) is 56.6 Å². The van der Waals surface area contributed by atoms with E-state index in [0.717, 1.165) is 16.6 Å². The number of aromatic nitrogens is 2. The third-order valence-corrected chi connectivity index (χ3v) is 4.23. The van der Waals surface area contributed by atoms with Crippen LogP contribution in [0.1, 0.15) is 32.8 Å². The molecule has 0 aliphatic carbocycles. The molecule has 2 rings (SSSR count). The van der Waals surface area contributed by atoms with Crippen molar-refractivity contribution in [2.75, 3.05) is 13.1 Å². The van der Waals surface area contributed by atoms with Gasteiger partial charge in [0.2, 0.25) is 0 Å². The van der Waals surface area contributed by atoms with Gasteiger partial charge in [-0.05, 0) is 43.1 Å². The maximum Gasteiger partial charge on any atom is 0.410 e. The molecule has 0 N–H and O–H groups in total. The van der Waals surface area contributed by atoms with E-state index in [4.69, 9.17) is 9.47 Å². The van der Waals surface area contributed by atoms with Gasteiger partial charge in [-0.2, -0.15) is 5.10 Å². The van der Waals surface area contributed by atoms with Crippen LogP contribution in [0.25, 0.3) is 0 Å². The number of rotatable bonds is 3. The van der Waals surface area contributed by atoms with Crippen LogP contribution in [0.5, 0.6) is 0 Å². The highest BCUT2D eigenvalue weighted by Crippen LogP contribution is 2.20. The fraction of sp³-hybridized carbons (Fsp3) is 0.714. The van der Waals surface area contributed by atoms with Gasteiger partial charge in [-0.25, -0.2) is 4.79 Å². The molecule has 0 unspecified atom stereocenters. The predicted molar refractivity (Wildman–Crippen MR) is 81.9 cm³/mol. The minimum absolute atomic E-state index is 0.0459. The van der Waals surface area contributed by atoms with Gasteiger partial charge in [-0.1, -0.05) is 0 Å². The Kier molecular flexibility index (Phi) is 4.93. The average molecular weight is 360 g/mol. The summed E-state index contributed by atoms with van der Waals surface area (Å²) < 4.78 is 13.9. The summed E-state index contributed by atoms with van der Waals surface area (Å²) in [7, 11) is 1.87. The van der Waals surface area contributed by atoms with Crippen LogP contribution in [0.3, 0.4) is 0 Å². The molecule has 0 radical (unpaired) electrons. The van der Waals surface area contributed by atoms with Crippen molar-refractivity contribution in [3.05, 3.63) is 16.4 Å². The molecule has 1 saturated heterocycles. The Morgan fingerprint density at radius 1 is 1.52 bits per heavy atom. The zero-order valence-electron chi connectivity index (χ0n) is 12.9. The summed E-state index contributed by atoms with van der Waals surface area (Å²) in [6, 6.07) is 0. The monoisotopic (exact) mass is 359 g/mol. The quantitative estimate of drug-likeness (QED) is 0.832. The molecule has 7 heteroatoms. The van der Waals surface area contributed by atoms with Crippen molar-refractivity contribution in [3.63, 3.8) is 0 Å². The standard InChI is InChI=1S/C14H22BrN3O3/c1-14(2,3)21-13(19)18-6-5-11(8-18)20-9-10-7-16-17(4)12(10)15/h7,11H,5-6,8-9H2,1-4H3/t11-/m1/s1. The van der Waals surface area contributed by atoms with Gasteiger partial charge in [-0.3, -0.25) is 4.68 Å². The van der Waals surface area contributed by atoms with Crippen LogP contribution < -0.4 is 0 Å². The summed E-state index contributed by atoms with van der Waals surface area (Å²) >= 11 is 3.46. The van der Waals surface area contributed by atoms with E-state index in [-0.39, 0.29) is 12.2 Å². The molecule has 1 atom stereocenters. The summed E-state index contributed by atoms with van der Waals surface area (Å²) in [4.78, 5) is 13.7. The van der Waals surface area contributed by atoms with Gasteiger partial charge in [-0.15, -0.1) is 0 Å². The molecule has 1 aliphatic heterocycles. The molecule has 2 heterocycles. The van der Waals surface area contributed by atoms with Gasteiger partial charge in [0, 0.05) is 19.2 Å². The Balaban J connectivity index is 1.80. The lowest BCUT2D eigenvalue weighted by molar-refractivity contribution is 0.0183. The number of aryl methyl sites for hydroxylation is 1. The number of carbonyl (C=O) groups is 1. The van der Waals surface area contributed by atoms with Crippen LogP contribution in [0, 0.1) is 0 Å². The van der Waals surface area contributed by atoms with Gasteiger partial charge in [0.25, 0.3) is 0 Å². The minimum atomic E-state index is -0.462. The van der Waals surface area contributed by atoms with E-state index in [0.29, 0.717) is 19.7 Å². The first-order chi connectivity index (χ1) is 9.76. The predicted octanol–water partition coefficient (Wildman–Crippen LogP) is 2.71. The van der Waals surface area contributed by atoms with Crippen LogP contribution in [-0.4, -0.2) is 45.6 Å². The average Bonchev–Trinajstić information content (AvgIpc) is 2.95. The summed E-state index contributed by atoms with van der Waals surface area (Å²) in [6.45, 7) is 7.35. The van der Waals surface area contributed by atoms with E-state index >= 15 is 0 Å². The van der Waals surface area contributed by atoms with E-state index in [2.05, 4.69) is 21.0 Å². The molecular formula is C14H22BrN3O3. The summed E-state index contributed by atoms with van der Waals surface area (Å²) in [5, 5.41) is 4.15. The fourth-order valence-electron chi connectivity index (χ4n) is 2.13. The number of amides is 1. The lowest BCUT2D eigenvalue weighted by Crippen LogP contribution is -2.36. The second-order valence-electron chi connectivity index (χ2n) is 6.23. The smallest absolute Gasteiger partial charge is 0.410 e. The third kappa shape index (κ3) is 4.44. The molecule has 1 amide bonds. The number of nitrogens with zero attached hydrogens (tertiary/aromatic N) is 3. The molecule has 21 heavy (non-hydrogen) atoms. The maximum absolute atomic E-state index is 12.0. The van der Waals surface area contributed by atoms with Crippen LogP contribution in [0.2, 0.25) is 0 Å². The second-order valence-corrected chi connectivity index (χ2v) is 6.98.